The van der Waals surface area contributed by atoms with E-state index in [0.29, 0.717) is 22.9 Å². The van der Waals surface area contributed by atoms with E-state index in [1.807, 2.05) is 0 Å². The summed E-state index contributed by atoms with van der Waals surface area (Å²) in [6.45, 7) is 3.51. The monoisotopic (exact) mass is 418 g/mol. The van der Waals surface area contributed by atoms with E-state index in [1.165, 1.54) is 6.07 Å². The van der Waals surface area contributed by atoms with Crippen LogP contribution in [-0.4, -0.2) is 0 Å². The minimum absolute atomic E-state index is 0.0290. The highest BCUT2D eigenvalue weighted by Gasteiger charge is 2.37. The molecule has 2 nitrogen and oxygen atoms in total. The van der Waals surface area contributed by atoms with Gasteiger partial charge < -0.3 is 0 Å². The van der Waals surface area contributed by atoms with Crippen molar-refractivity contribution in [1.82, 2.24) is 0 Å². The van der Waals surface area contributed by atoms with Crippen molar-refractivity contribution in [2.24, 2.45) is 0 Å². The third kappa shape index (κ3) is 3.69. The van der Waals surface area contributed by atoms with E-state index in [2.05, 4.69) is 0 Å². The van der Waals surface area contributed by atoms with E-state index < -0.39 is 29.0 Å². The fourth-order valence-corrected chi connectivity index (χ4v) is 3.27. The summed E-state index contributed by atoms with van der Waals surface area (Å²) in [5, 5.41) is 19.7. The van der Waals surface area contributed by atoms with Gasteiger partial charge in [0.1, 0.15) is 12.1 Å². The molecule has 0 heterocycles. The summed E-state index contributed by atoms with van der Waals surface area (Å²) in [7, 11) is 0. The van der Waals surface area contributed by atoms with Crippen LogP contribution in [0, 0.1) is 36.5 Å². The predicted octanol–water partition coefficient (Wildman–Crippen LogP) is 6.90. The molecule has 0 aliphatic carbocycles. The number of alkyl halides is 6. The van der Waals surface area contributed by atoms with Crippen molar-refractivity contribution in [2.45, 2.75) is 26.2 Å². The SMILES string of the molecule is Cc1cc2cc(C#N)c(C#N)c(-c3cc(C(F)(F)F)cc(C(F)(F)F)c3)c2cc1C. The Morgan fingerprint density at radius 1 is 0.700 bits per heavy atom. The van der Waals surface area contributed by atoms with Gasteiger partial charge in [-0.2, -0.15) is 36.9 Å². The molecule has 3 aromatic rings. The number of hydrogen-bond acceptors (Lipinski definition) is 2. The lowest BCUT2D eigenvalue weighted by atomic mass is 9.87. The van der Waals surface area contributed by atoms with E-state index in [-0.39, 0.29) is 22.8 Å². The third-order valence-corrected chi connectivity index (χ3v) is 4.86. The summed E-state index contributed by atoms with van der Waals surface area (Å²) >= 11 is 0. The highest BCUT2D eigenvalue weighted by molar-refractivity contribution is 6.01. The van der Waals surface area contributed by atoms with Crippen molar-refractivity contribution in [3.8, 4) is 23.3 Å². The third-order valence-electron chi connectivity index (χ3n) is 4.86. The van der Waals surface area contributed by atoms with Gasteiger partial charge in [0.2, 0.25) is 0 Å². The molecule has 0 aliphatic heterocycles. The Bertz CT molecular complexity index is 1220. The Labute approximate surface area is 167 Å². The van der Waals surface area contributed by atoms with Crippen LogP contribution in [0.2, 0.25) is 0 Å². The Kier molecular flexibility index (Phi) is 4.99. The zero-order valence-corrected chi connectivity index (χ0v) is 15.6. The number of rotatable bonds is 1. The molecular weight excluding hydrogens is 406 g/mol. The number of nitrogens with zero attached hydrogens (tertiary/aromatic N) is 2. The van der Waals surface area contributed by atoms with Crippen LogP contribution in [0.25, 0.3) is 21.9 Å². The number of benzene rings is 3. The van der Waals surface area contributed by atoms with Gasteiger partial charge in [-0.05, 0) is 65.6 Å². The van der Waals surface area contributed by atoms with Crippen LogP contribution in [-0.2, 0) is 12.4 Å². The smallest absolute Gasteiger partial charge is 0.192 e. The van der Waals surface area contributed by atoms with Crippen molar-refractivity contribution in [3.63, 3.8) is 0 Å². The average Bonchev–Trinajstić information content (AvgIpc) is 2.65. The van der Waals surface area contributed by atoms with Crippen molar-refractivity contribution < 1.29 is 26.3 Å². The lowest BCUT2D eigenvalue weighted by Gasteiger charge is -2.17. The van der Waals surface area contributed by atoms with Crippen molar-refractivity contribution >= 4 is 10.8 Å². The van der Waals surface area contributed by atoms with Crippen molar-refractivity contribution in [3.05, 3.63) is 69.8 Å². The minimum Gasteiger partial charge on any atom is -0.192 e. The lowest BCUT2D eigenvalue weighted by Crippen LogP contribution is -2.11. The fraction of sp³-hybridized carbons (Fsp3) is 0.182. The van der Waals surface area contributed by atoms with Gasteiger partial charge in [-0.3, -0.25) is 0 Å². The Balaban J connectivity index is 2.54. The summed E-state index contributed by atoms with van der Waals surface area (Å²) < 4.78 is 80.0. The molecule has 0 N–H and O–H groups in total. The van der Waals surface area contributed by atoms with E-state index in [1.54, 1.807) is 38.1 Å². The van der Waals surface area contributed by atoms with Crippen molar-refractivity contribution in [2.75, 3.05) is 0 Å². The normalized spacial score (nSPS) is 11.9. The number of fused-ring (bicyclic) bond motifs is 1. The standard InChI is InChI=1S/C22H12F6N2/c1-11-3-13-5-15(9-29)19(10-30)20(18(13)4-12(11)2)14-6-16(21(23,24)25)8-17(7-14)22(26,27)28/h3-8H,1-2H3. The molecule has 3 aromatic carbocycles. The van der Waals surface area contributed by atoms with Crippen molar-refractivity contribution in [1.29, 1.82) is 10.5 Å². The van der Waals surface area contributed by atoms with Crippen LogP contribution >= 0.6 is 0 Å². The van der Waals surface area contributed by atoms with E-state index in [0.717, 1.165) is 11.1 Å². The zero-order chi connectivity index (χ0) is 22.4. The quantitative estimate of drug-likeness (QED) is 0.404. The molecule has 8 heteroatoms. The molecule has 0 fully saturated rings. The predicted molar refractivity (Wildman–Crippen MR) is 98.3 cm³/mol. The highest BCUT2D eigenvalue weighted by Crippen LogP contribution is 2.42. The Morgan fingerprint density at radius 2 is 1.23 bits per heavy atom. The maximum absolute atomic E-state index is 13.3. The maximum atomic E-state index is 13.3. The fourth-order valence-electron chi connectivity index (χ4n) is 3.27. The van der Waals surface area contributed by atoms with Crippen LogP contribution in [0.4, 0.5) is 26.3 Å². The van der Waals surface area contributed by atoms with Crippen LogP contribution < -0.4 is 0 Å². The Hall–Kier alpha value is -3.52. The second-order valence-corrected chi connectivity index (χ2v) is 6.85. The molecule has 0 unspecified atom stereocenters. The Morgan fingerprint density at radius 3 is 1.70 bits per heavy atom. The molecular formula is C22H12F6N2. The lowest BCUT2D eigenvalue weighted by molar-refractivity contribution is -0.143. The molecule has 0 saturated heterocycles. The van der Waals surface area contributed by atoms with Crippen LogP contribution in [0.3, 0.4) is 0 Å². The van der Waals surface area contributed by atoms with Gasteiger partial charge in [0.15, 0.2) is 0 Å². The number of aryl methyl sites for hydroxylation is 2. The molecule has 0 atom stereocenters. The van der Waals surface area contributed by atoms with Crippen LogP contribution in [0.5, 0.6) is 0 Å². The summed E-state index contributed by atoms with van der Waals surface area (Å²) in [4.78, 5) is 0. The number of hydrogen-bond donors (Lipinski definition) is 0. The molecule has 0 aliphatic rings. The molecule has 0 radical (unpaired) electrons. The zero-order valence-electron chi connectivity index (χ0n) is 15.6. The van der Waals surface area contributed by atoms with E-state index >= 15 is 0 Å². The summed E-state index contributed by atoms with van der Waals surface area (Å²) in [6.07, 6.45) is -10.1. The largest absolute Gasteiger partial charge is 0.416 e. The molecule has 0 bridgehead atoms. The van der Waals surface area contributed by atoms with Crippen LogP contribution in [0.1, 0.15) is 33.4 Å². The van der Waals surface area contributed by atoms with Gasteiger partial charge in [0.05, 0.1) is 22.3 Å². The number of nitriles is 2. The second kappa shape index (κ2) is 7.07. The minimum atomic E-state index is -5.03. The molecule has 0 spiro atoms. The first-order chi connectivity index (χ1) is 13.9. The number of halogens is 6. The topological polar surface area (TPSA) is 47.6 Å². The second-order valence-electron chi connectivity index (χ2n) is 6.85. The van der Waals surface area contributed by atoms with Gasteiger partial charge >= 0.3 is 12.4 Å². The van der Waals surface area contributed by atoms with Gasteiger partial charge in [-0.25, -0.2) is 0 Å². The molecule has 0 saturated carbocycles. The highest BCUT2D eigenvalue weighted by atomic mass is 19.4. The van der Waals surface area contributed by atoms with Gasteiger partial charge in [-0.1, -0.05) is 12.1 Å². The maximum Gasteiger partial charge on any atom is 0.416 e. The summed E-state index contributed by atoms with van der Waals surface area (Å²) in [5.41, 5.74) is -2.39. The van der Waals surface area contributed by atoms with Gasteiger partial charge in [0.25, 0.3) is 0 Å². The van der Waals surface area contributed by atoms with E-state index in [9.17, 15) is 36.9 Å². The summed E-state index contributed by atoms with van der Waals surface area (Å²) in [5.74, 6) is 0. The average molecular weight is 418 g/mol. The molecule has 30 heavy (non-hydrogen) atoms. The molecule has 0 aromatic heterocycles. The molecule has 152 valence electrons. The van der Waals surface area contributed by atoms with Gasteiger partial charge in [-0.15, -0.1) is 0 Å². The van der Waals surface area contributed by atoms with E-state index in [4.69, 9.17) is 0 Å². The summed E-state index contributed by atoms with van der Waals surface area (Å²) in [6, 6.07) is 9.42. The molecule has 3 rings (SSSR count). The first-order valence-corrected chi connectivity index (χ1v) is 8.55. The van der Waals surface area contributed by atoms with Crippen LogP contribution in [0.15, 0.2) is 36.4 Å². The molecule has 0 amide bonds. The van der Waals surface area contributed by atoms with Gasteiger partial charge in [0, 0.05) is 5.56 Å². The first kappa shape index (κ1) is 21.2. The first-order valence-electron chi connectivity index (χ1n) is 8.55.